The van der Waals surface area contributed by atoms with Crippen molar-refractivity contribution in [1.82, 2.24) is 18.9 Å². The van der Waals surface area contributed by atoms with E-state index in [1.165, 1.54) is 9.13 Å². The predicted octanol–water partition coefficient (Wildman–Crippen LogP) is 2.50. The molecule has 5 rings (SSSR count). The molecule has 0 atom stereocenters. The Balaban J connectivity index is 1.23. The number of amides is 2. The molecule has 0 radical (unpaired) electrons. The summed E-state index contributed by atoms with van der Waals surface area (Å²) >= 11 is 0. The molecule has 3 aliphatic rings. The SMILES string of the molecule is C=C1CN(C(=O)C2CC2)CCN1C(=O)C1CCC(Cn2c(=O)c3cc(OCC)ccc3n(C)c2=O)CC1. The van der Waals surface area contributed by atoms with Crippen LogP contribution >= 0.6 is 0 Å². The summed E-state index contributed by atoms with van der Waals surface area (Å²) in [6.07, 6.45) is 4.92. The molecule has 2 amide bonds. The molecule has 3 fully saturated rings. The molecule has 9 nitrogen and oxygen atoms in total. The van der Waals surface area contributed by atoms with E-state index in [0.717, 1.165) is 38.5 Å². The number of aromatic nitrogens is 2. The third kappa shape index (κ3) is 4.95. The molecule has 2 aliphatic carbocycles. The smallest absolute Gasteiger partial charge is 0.331 e. The van der Waals surface area contributed by atoms with Crippen LogP contribution in [-0.2, 0) is 23.2 Å². The van der Waals surface area contributed by atoms with Gasteiger partial charge in [0.25, 0.3) is 5.56 Å². The second-order valence-electron chi connectivity index (χ2n) is 10.7. The topological polar surface area (TPSA) is 93.8 Å². The Bertz CT molecular complexity index is 1350. The zero-order valence-electron chi connectivity index (χ0n) is 21.8. The zero-order chi connectivity index (χ0) is 26.3. The average Bonchev–Trinajstić information content (AvgIpc) is 3.75. The Morgan fingerprint density at radius 1 is 1.00 bits per heavy atom. The number of carbonyl (C=O) groups excluding carboxylic acids is 2. The van der Waals surface area contributed by atoms with E-state index in [1.54, 1.807) is 30.1 Å². The van der Waals surface area contributed by atoms with Gasteiger partial charge in [0, 0.05) is 44.2 Å². The fourth-order valence-electron chi connectivity index (χ4n) is 5.79. The van der Waals surface area contributed by atoms with Crippen molar-refractivity contribution in [3.8, 4) is 5.75 Å². The van der Waals surface area contributed by atoms with Crippen LogP contribution in [0.5, 0.6) is 5.75 Å². The number of hydrogen-bond acceptors (Lipinski definition) is 5. The van der Waals surface area contributed by atoms with Gasteiger partial charge in [-0.05, 0) is 69.6 Å². The van der Waals surface area contributed by atoms with Gasteiger partial charge in [0.1, 0.15) is 5.75 Å². The molecule has 9 heteroatoms. The number of aryl methyl sites for hydroxylation is 1. The van der Waals surface area contributed by atoms with E-state index in [0.29, 0.717) is 55.1 Å². The van der Waals surface area contributed by atoms with E-state index in [2.05, 4.69) is 6.58 Å². The summed E-state index contributed by atoms with van der Waals surface area (Å²) in [5, 5.41) is 0.467. The molecular formula is C28H36N4O5. The van der Waals surface area contributed by atoms with Crippen molar-refractivity contribution >= 4 is 22.7 Å². The Hall–Kier alpha value is -3.36. The van der Waals surface area contributed by atoms with Gasteiger partial charge in [-0.1, -0.05) is 6.58 Å². The molecule has 1 aromatic heterocycles. The summed E-state index contributed by atoms with van der Waals surface area (Å²) in [5.74, 6) is 1.11. The molecular weight excluding hydrogens is 472 g/mol. The minimum Gasteiger partial charge on any atom is -0.494 e. The molecule has 1 aliphatic heterocycles. The van der Waals surface area contributed by atoms with Crippen molar-refractivity contribution in [3.63, 3.8) is 0 Å². The van der Waals surface area contributed by atoms with Crippen LogP contribution in [0.15, 0.2) is 40.1 Å². The molecule has 0 spiro atoms. The van der Waals surface area contributed by atoms with Gasteiger partial charge in [0.05, 0.1) is 24.1 Å². The molecule has 37 heavy (non-hydrogen) atoms. The van der Waals surface area contributed by atoms with Gasteiger partial charge in [-0.3, -0.25) is 23.5 Å². The molecule has 0 bridgehead atoms. The average molecular weight is 509 g/mol. The summed E-state index contributed by atoms with van der Waals surface area (Å²) in [6, 6.07) is 5.23. The van der Waals surface area contributed by atoms with Crippen molar-refractivity contribution in [3.05, 3.63) is 51.3 Å². The normalized spacial score (nSPS) is 22.4. The maximum Gasteiger partial charge on any atom is 0.331 e. The largest absolute Gasteiger partial charge is 0.494 e. The molecule has 0 N–H and O–H groups in total. The summed E-state index contributed by atoms with van der Waals surface area (Å²) in [7, 11) is 1.68. The number of nitrogens with zero attached hydrogens (tertiary/aromatic N) is 4. The van der Waals surface area contributed by atoms with Crippen molar-refractivity contribution in [1.29, 1.82) is 0 Å². The highest BCUT2D eigenvalue weighted by Crippen LogP contribution is 2.34. The van der Waals surface area contributed by atoms with Crippen LogP contribution in [0.1, 0.15) is 45.4 Å². The minimum absolute atomic E-state index is 0.0872. The first kappa shape index (κ1) is 25.3. The molecule has 2 aromatic rings. The van der Waals surface area contributed by atoms with E-state index in [1.807, 2.05) is 11.8 Å². The van der Waals surface area contributed by atoms with Crippen LogP contribution < -0.4 is 16.0 Å². The first-order valence-electron chi connectivity index (χ1n) is 13.4. The number of benzene rings is 1. The lowest BCUT2D eigenvalue weighted by atomic mass is 9.81. The van der Waals surface area contributed by atoms with Gasteiger partial charge < -0.3 is 14.5 Å². The highest BCUT2D eigenvalue weighted by atomic mass is 16.5. The van der Waals surface area contributed by atoms with Gasteiger partial charge in [-0.2, -0.15) is 0 Å². The van der Waals surface area contributed by atoms with E-state index >= 15 is 0 Å². The molecule has 2 heterocycles. The number of carbonyl (C=O) groups is 2. The van der Waals surface area contributed by atoms with Gasteiger partial charge in [0.15, 0.2) is 0 Å². The van der Waals surface area contributed by atoms with Crippen molar-refractivity contribution in [2.45, 2.75) is 52.0 Å². The Morgan fingerprint density at radius 2 is 1.68 bits per heavy atom. The quantitative estimate of drug-likeness (QED) is 0.598. The first-order valence-corrected chi connectivity index (χ1v) is 13.4. The fourth-order valence-corrected chi connectivity index (χ4v) is 5.79. The highest BCUT2D eigenvalue weighted by Gasteiger charge is 2.38. The van der Waals surface area contributed by atoms with Crippen LogP contribution in [0.2, 0.25) is 0 Å². The van der Waals surface area contributed by atoms with E-state index in [-0.39, 0.29) is 40.8 Å². The van der Waals surface area contributed by atoms with Crippen molar-refractivity contribution in [2.75, 3.05) is 26.2 Å². The first-order chi connectivity index (χ1) is 17.8. The second kappa shape index (κ2) is 10.2. The summed E-state index contributed by atoms with van der Waals surface area (Å²) in [4.78, 5) is 55.5. The Kier molecular flexibility index (Phi) is 6.96. The van der Waals surface area contributed by atoms with Crippen molar-refractivity contribution < 1.29 is 14.3 Å². The minimum atomic E-state index is -0.324. The van der Waals surface area contributed by atoms with Gasteiger partial charge >= 0.3 is 5.69 Å². The number of rotatable bonds is 6. The lowest BCUT2D eigenvalue weighted by Crippen LogP contribution is -2.51. The summed E-state index contributed by atoms with van der Waals surface area (Å²) < 4.78 is 8.41. The van der Waals surface area contributed by atoms with Crippen LogP contribution in [0.3, 0.4) is 0 Å². The van der Waals surface area contributed by atoms with Crippen LogP contribution in [0, 0.1) is 17.8 Å². The van der Waals surface area contributed by atoms with Crippen LogP contribution in [0.25, 0.3) is 10.9 Å². The predicted molar refractivity (Wildman–Crippen MR) is 140 cm³/mol. The van der Waals surface area contributed by atoms with Crippen LogP contribution in [-0.4, -0.2) is 57.0 Å². The number of ether oxygens (including phenoxy) is 1. The van der Waals surface area contributed by atoms with E-state index in [4.69, 9.17) is 4.74 Å². The monoisotopic (exact) mass is 508 g/mol. The molecule has 1 aromatic carbocycles. The maximum atomic E-state index is 13.3. The molecule has 0 unspecified atom stereocenters. The summed E-state index contributed by atoms with van der Waals surface area (Å²) in [5.41, 5.74) is 0.663. The third-order valence-corrected chi connectivity index (χ3v) is 8.12. The molecule has 1 saturated heterocycles. The lowest BCUT2D eigenvalue weighted by molar-refractivity contribution is -0.140. The van der Waals surface area contributed by atoms with Crippen LogP contribution in [0.4, 0.5) is 0 Å². The Morgan fingerprint density at radius 3 is 2.32 bits per heavy atom. The maximum absolute atomic E-state index is 13.3. The van der Waals surface area contributed by atoms with Gasteiger partial charge in [-0.15, -0.1) is 0 Å². The number of hydrogen-bond donors (Lipinski definition) is 0. The number of piperazine rings is 1. The van der Waals surface area contributed by atoms with E-state index in [9.17, 15) is 19.2 Å². The highest BCUT2D eigenvalue weighted by molar-refractivity contribution is 5.84. The zero-order valence-corrected chi connectivity index (χ0v) is 21.8. The molecule has 2 saturated carbocycles. The fraction of sp³-hybridized carbons (Fsp3) is 0.571. The lowest BCUT2D eigenvalue weighted by Gasteiger charge is -2.39. The van der Waals surface area contributed by atoms with Gasteiger partial charge in [0.2, 0.25) is 11.8 Å². The van der Waals surface area contributed by atoms with E-state index < -0.39 is 0 Å². The third-order valence-electron chi connectivity index (χ3n) is 8.12. The van der Waals surface area contributed by atoms with Gasteiger partial charge in [-0.25, -0.2) is 4.79 Å². The number of fused-ring (bicyclic) bond motifs is 1. The second-order valence-corrected chi connectivity index (χ2v) is 10.7. The standard InChI is InChI=1S/C28H36N4O5/c1-4-37-22-11-12-24-23(15-22)27(35)32(28(36)29(24)3)17-19-5-7-21(8-6-19)26(34)31-14-13-30(16-18(31)2)25(33)20-9-10-20/h11-12,15,19-21H,2,4-10,13-14,16-17H2,1,3H3. The Labute approximate surface area is 216 Å². The molecule has 198 valence electrons. The summed E-state index contributed by atoms with van der Waals surface area (Å²) in [6.45, 7) is 8.31. The van der Waals surface area contributed by atoms with Crippen molar-refractivity contribution in [2.24, 2.45) is 24.8 Å².